The third-order valence-corrected chi connectivity index (χ3v) is 3.67. The molecule has 0 aliphatic rings. The minimum absolute atomic E-state index is 0.728. The van der Waals surface area contributed by atoms with E-state index in [1.54, 1.807) is 11.8 Å². The molecule has 0 saturated carbocycles. The highest BCUT2D eigenvalue weighted by atomic mass is 16.5. The van der Waals surface area contributed by atoms with Gasteiger partial charge in [-0.25, -0.2) is 4.68 Å². The Kier molecular flexibility index (Phi) is 3.55. The van der Waals surface area contributed by atoms with Crippen molar-refractivity contribution < 1.29 is 4.74 Å². The van der Waals surface area contributed by atoms with Crippen molar-refractivity contribution in [1.29, 1.82) is 0 Å². The van der Waals surface area contributed by atoms with Crippen molar-refractivity contribution in [1.82, 2.24) is 15.0 Å². The van der Waals surface area contributed by atoms with E-state index in [-0.39, 0.29) is 0 Å². The maximum atomic E-state index is 5.71. The fraction of sp³-hybridized carbons (Fsp3) is 0.176. The van der Waals surface area contributed by atoms with E-state index in [9.17, 15) is 0 Å². The lowest BCUT2D eigenvalue weighted by Crippen LogP contribution is -1.95. The number of anilines is 1. The Morgan fingerprint density at radius 1 is 1.05 bits per heavy atom. The summed E-state index contributed by atoms with van der Waals surface area (Å²) in [5.74, 6) is 0.882. The number of aryl methyl sites for hydroxylation is 2. The van der Waals surface area contributed by atoms with Crippen molar-refractivity contribution in [2.45, 2.75) is 13.8 Å². The molecular formula is C17H18N4O. The van der Waals surface area contributed by atoms with Gasteiger partial charge >= 0.3 is 0 Å². The van der Waals surface area contributed by atoms with E-state index in [2.05, 4.69) is 16.4 Å². The van der Waals surface area contributed by atoms with Crippen molar-refractivity contribution in [3.63, 3.8) is 0 Å². The van der Waals surface area contributed by atoms with Gasteiger partial charge in [0.15, 0.2) is 0 Å². The van der Waals surface area contributed by atoms with Gasteiger partial charge in [0, 0.05) is 11.3 Å². The monoisotopic (exact) mass is 294 g/mol. The van der Waals surface area contributed by atoms with E-state index in [1.807, 2.05) is 50.4 Å². The van der Waals surface area contributed by atoms with Crippen molar-refractivity contribution in [3.05, 3.63) is 53.7 Å². The number of ether oxygens (including phenoxy) is 1. The number of hydrogen-bond donors (Lipinski definition) is 1. The fourth-order valence-electron chi connectivity index (χ4n) is 2.43. The Hall–Kier alpha value is -2.82. The fourth-order valence-corrected chi connectivity index (χ4v) is 2.43. The molecule has 5 nitrogen and oxygen atoms in total. The van der Waals surface area contributed by atoms with Crippen LogP contribution in [0.2, 0.25) is 0 Å². The van der Waals surface area contributed by atoms with Crippen LogP contribution in [0, 0.1) is 13.8 Å². The molecule has 0 unspecified atom stereocenters. The van der Waals surface area contributed by atoms with Gasteiger partial charge in [-0.05, 0) is 61.4 Å². The van der Waals surface area contributed by atoms with Gasteiger partial charge < -0.3 is 10.5 Å². The summed E-state index contributed by atoms with van der Waals surface area (Å²) in [6.07, 6.45) is 1.92. The first-order valence-corrected chi connectivity index (χ1v) is 7.02. The molecule has 3 rings (SSSR count). The minimum atomic E-state index is 0.728. The van der Waals surface area contributed by atoms with E-state index in [1.165, 1.54) is 0 Å². The quantitative estimate of drug-likeness (QED) is 0.754. The van der Waals surface area contributed by atoms with E-state index in [4.69, 9.17) is 10.5 Å². The summed E-state index contributed by atoms with van der Waals surface area (Å²) < 4.78 is 7.09. The highest BCUT2D eigenvalue weighted by Gasteiger charge is 2.11. The van der Waals surface area contributed by atoms with Crippen LogP contribution in [0.3, 0.4) is 0 Å². The number of methoxy groups -OCH3 is 1. The van der Waals surface area contributed by atoms with Gasteiger partial charge in [0.1, 0.15) is 11.4 Å². The first-order valence-electron chi connectivity index (χ1n) is 7.02. The molecule has 0 saturated heterocycles. The summed E-state index contributed by atoms with van der Waals surface area (Å²) in [7, 11) is 1.68. The lowest BCUT2D eigenvalue weighted by molar-refractivity contribution is 0.411. The predicted octanol–water partition coefficient (Wildman–Crippen LogP) is 3.14. The topological polar surface area (TPSA) is 66.0 Å². The highest BCUT2D eigenvalue weighted by molar-refractivity contribution is 5.66. The van der Waals surface area contributed by atoms with Crippen LogP contribution < -0.4 is 10.5 Å². The van der Waals surface area contributed by atoms with Crippen molar-refractivity contribution in [3.8, 4) is 22.7 Å². The zero-order chi connectivity index (χ0) is 15.7. The van der Waals surface area contributed by atoms with Gasteiger partial charge in [0.2, 0.25) is 0 Å². The van der Waals surface area contributed by atoms with E-state index in [0.29, 0.717) is 0 Å². The van der Waals surface area contributed by atoms with Crippen LogP contribution in [-0.2, 0) is 0 Å². The van der Waals surface area contributed by atoms with Gasteiger partial charge in [0.25, 0.3) is 0 Å². The first-order chi connectivity index (χ1) is 10.6. The molecule has 0 amide bonds. The number of nitrogens with zero attached hydrogens (tertiary/aromatic N) is 3. The molecule has 5 heteroatoms. The normalized spacial score (nSPS) is 10.7. The van der Waals surface area contributed by atoms with Gasteiger partial charge in [0.05, 0.1) is 19.0 Å². The number of aromatic nitrogens is 3. The van der Waals surface area contributed by atoms with Crippen LogP contribution in [0.1, 0.15) is 11.1 Å². The number of rotatable bonds is 3. The average molecular weight is 294 g/mol. The number of benzene rings is 2. The lowest BCUT2D eigenvalue weighted by Gasteiger charge is -2.09. The Bertz CT molecular complexity index is 806. The SMILES string of the molecule is COc1cc(C)c(-c2cn(-c3ccc(N)cc3)nn2)cc1C. The molecule has 2 aromatic carbocycles. The molecule has 1 aromatic heterocycles. The molecular weight excluding hydrogens is 276 g/mol. The van der Waals surface area contributed by atoms with Crippen LogP contribution in [0.5, 0.6) is 5.75 Å². The number of nitrogens with two attached hydrogens (primary N) is 1. The Labute approximate surface area is 129 Å². The summed E-state index contributed by atoms with van der Waals surface area (Å²) in [5.41, 5.74) is 11.4. The molecule has 2 N–H and O–H groups in total. The van der Waals surface area contributed by atoms with Crippen LogP contribution in [-0.4, -0.2) is 22.1 Å². The predicted molar refractivity (Wildman–Crippen MR) is 87.2 cm³/mol. The Morgan fingerprint density at radius 3 is 2.45 bits per heavy atom. The van der Waals surface area contributed by atoms with Crippen molar-refractivity contribution in [2.75, 3.05) is 12.8 Å². The molecule has 0 radical (unpaired) electrons. The van der Waals surface area contributed by atoms with Crippen LogP contribution >= 0.6 is 0 Å². The Balaban J connectivity index is 2.00. The number of hydrogen-bond acceptors (Lipinski definition) is 4. The maximum absolute atomic E-state index is 5.71. The summed E-state index contributed by atoms with van der Waals surface area (Å²) in [6.45, 7) is 4.06. The molecule has 22 heavy (non-hydrogen) atoms. The van der Waals surface area contributed by atoms with E-state index >= 15 is 0 Å². The van der Waals surface area contributed by atoms with Gasteiger partial charge in [-0.2, -0.15) is 0 Å². The van der Waals surface area contributed by atoms with Crippen LogP contribution in [0.25, 0.3) is 16.9 Å². The summed E-state index contributed by atoms with van der Waals surface area (Å²) in [6, 6.07) is 11.6. The second-order valence-electron chi connectivity index (χ2n) is 5.28. The second kappa shape index (κ2) is 5.52. The molecule has 1 heterocycles. The van der Waals surface area contributed by atoms with Crippen molar-refractivity contribution in [2.24, 2.45) is 0 Å². The molecule has 0 fully saturated rings. The van der Waals surface area contributed by atoms with E-state index in [0.717, 1.165) is 39.5 Å². The van der Waals surface area contributed by atoms with Crippen molar-refractivity contribution >= 4 is 5.69 Å². The van der Waals surface area contributed by atoms with Gasteiger partial charge in [-0.1, -0.05) is 5.21 Å². The Morgan fingerprint density at radius 2 is 1.77 bits per heavy atom. The third-order valence-electron chi connectivity index (χ3n) is 3.67. The molecule has 112 valence electrons. The standard InChI is InChI=1S/C17H18N4O/c1-11-9-17(22-3)12(2)8-15(11)16-10-21(20-19-16)14-6-4-13(18)5-7-14/h4-10H,18H2,1-3H3. The zero-order valence-electron chi connectivity index (χ0n) is 12.9. The molecule has 0 aliphatic heterocycles. The molecule has 0 spiro atoms. The molecule has 0 atom stereocenters. The first kappa shape index (κ1) is 14.1. The van der Waals surface area contributed by atoms with E-state index < -0.39 is 0 Å². The highest BCUT2D eigenvalue weighted by Crippen LogP contribution is 2.29. The number of nitrogen functional groups attached to an aromatic ring is 1. The molecule has 3 aromatic rings. The summed E-state index contributed by atoms with van der Waals surface area (Å²) in [5, 5.41) is 8.48. The lowest BCUT2D eigenvalue weighted by atomic mass is 10.0. The minimum Gasteiger partial charge on any atom is -0.496 e. The smallest absolute Gasteiger partial charge is 0.122 e. The zero-order valence-corrected chi connectivity index (χ0v) is 12.9. The summed E-state index contributed by atoms with van der Waals surface area (Å²) >= 11 is 0. The van der Waals surface area contributed by atoms with Gasteiger partial charge in [-0.15, -0.1) is 5.10 Å². The molecule has 0 aliphatic carbocycles. The van der Waals surface area contributed by atoms with Gasteiger partial charge in [-0.3, -0.25) is 0 Å². The molecule has 0 bridgehead atoms. The second-order valence-corrected chi connectivity index (χ2v) is 5.28. The van der Waals surface area contributed by atoms with Crippen LogP contribution in [0.4, 0.5) is 5.69 Å². The van der Waals surface area contributed by atoms with Crippen LogP contribution in [0.15, 0.2) is 42.6 Å². The maximum Gasteiger partial charge on any atom is 0.122 e. The third kappa shape index (κ3) is 2.53. The largest absolute Gasteiger partial charge is 0.496 e. The summed E-state index contributed by atoms with van der Waals surface area (Å²) in [4.78, 5) is 0. The average Bonchev–Trinajstić information content (AvgIpc) is 2.99.